The first-order valence-electron chi connectivity index (χ1n) is 15.7. The third-order valence-corrected chi connectivity index (χ3v) is 16.5. The molecule has 4 heteroatoms. The van der Waals surface area contributed by atoms with Gasteiger partial charge in [-0.2, -0.15) is 0 Å². The second kappa shape index (κ2) is 15.2. The first-order valence-corrected chi connectivity index (χ1v) is 18.1. The van der Waals surface area contributed by atoms with E-state index in [-0.39, 0.29) is 49.4 Å². The van der Waals surface area contributed by atoms with Gasteiger partial charge in [-0.3, -0.25) is 0 Å². The molecule has 2 aliphatic carbocycles. The Morgan fingerprint density at radius 1 is 0.837 bits per heavy atom. The van der Waals surface area contributed by atoms with Gasteiger partial charge in [-0.15, -0.1) is 0 Å². The zero-order valence-corrected chi connectivity index (χ0v) is 31.8. The molecule has 0 aromatic heterocycles. The summed E-state index contributed by atoms with van der Waals surface area (Å²) in [5.74, 6) is 2.16. The van der Waals surface area contributed by atoms with Crippen molar-refractivity contribution in [1.82, 2.24) is 0 Å². The molecule has 2 aromatic rings. The van der Waals surface area contributed by atoms with Gasteiger partial charge in [0, 0.05) is 30.1 Å². The second-order valence-electron chi connectivity index (χ2n) is 13.8. The smallest absolute Gasteiger partial charge is 0.508 e. The Kier molecular flexibility index (Phi) is 13.9. The summed E-state index contributed by atoms with van der Waals surface area (Å²) in [6, 6.07) is 14.7. The van der Waals surface area contributed by atoms with Gasteiger partial charge in [-0.1, -0.05) is 126 Å². The maximum Gasteiger partial charge on any atom is 3.00 e. The van der Waals surface area contributed by atoms with Crippen molar-refractivity contribution in [2.24, 2.45) is 11.8 Å². The van der Waals surface area contributed by atoms with Crippen molar-refractivity contribution in [3.8, 4) is 5.75 Å². The maximum atomic E-state index is 12.1. The molecule has 2 aromatic carbocycles. The summed E-state index contributed by atoms with van der Waals surface area (Å²) in [4.78, 5) is 2.82. The van der Waals surface area contributed by atoms with E-state index in [4.69, 9.17) is 0 Å². The van der Waals surface area contributed by atoms with Gasteiger partial charge in [-0.05, 0) is 59.5 Å². The average molecular weight is 635 g/mol. The van der Waals surface area contributed by atoms with Crippen molar-refractivity contribution < 1.29 is 26.8 Å². The number of hydrogen-bond donors (Lipinski definition) is 1. The Morgan fingerprint density at radius 3 is 2.05 bits per heavy atom. The molecule has 0 spiro atoms. The largest absolute Gasteiger partial charge is 3.00 e. The molecule has 1 heterocycles. The average Bonchev–Trinajstić information content (AvgIpc) is 3.40. The van der Waals surface area contributed by atoms with Gasteiger partial charge < -0.3 is 32.3 Å². The molecule has 0 saturated heterocycles. The SMILES string of the molecule is CCCCCN1c2ccc(C)cc2C2C1C1C=CC=CC1C2[Si](CC)(CC)c1cc(C)cc(C(C)(C)C)c1O.[CH3-].[CH3-].[CH3-].[Ti+3]. The zero-order valence-electron chi connectivity index (χ0n) is 29.2. The monoisotopic (exact) mass is 634 g/mol. The predicted octanol–water partition coefficient (Wildman–Crippen LogP) is 10.3. The molecule has 2 nitrogen and oxygen atoms in total. The summed E-state index contributed by atoms with van der Waals surface area (Å²) < 4.78 is 0. The Labute approximate surface area is 282 Å². The number of aromatic hydroxyl groups is 1. The minimum atomic E-state index is -2.18. The molecule has 3 aliphatic rings. The molecule has 235 valence electrons. The van der Waals surface area contributed by atoms with Crippen LogP contribution in [0.4, 0.5) is 5.69 Å². The molecule has 0 amide bonds. The number of unbranched alkanes of at least 4 members (excludes halogenated alkanes) is 2. The Bertz CT molecular complexity index is 1270. The molecule has 5 atom stereocenters. The number of phenolic OH excluding ortho intramolecular Hbond substituents is 1. The summed E-state index contributed by atoms with van der Waals surface area (Å²) >= 11 is 0. The topological polar surface area (TPSA) is 23.5 Å². The van der Waals surface area contributed by atoms with Crippen LogP contribution >= 0.6 is 0 Å². The van der Waals surface area contributed by atoms with E-state index >= 15 is 0 Å². The van der Waals surface area contributed by atoms with Crippen LogP contribution in [0.15, 0.2) is 54.6 Å². The normalized spacial score (nSPS) is 23.3. The van der Waals surface area contributed by atoms with E-state index in [1.807, 2.05) is 0 Å². The number of aryl methyl sites for hydroxylation is 2. The van der Waals surface area contributed by atoms with Gasteiger partial charge in [0.25, 0.3) is 0 Å². The van der Waals surface area contributed by atoms with Crippen molar-refractivity contribution in [3.63, 3.8) is 0 Å². The standard InChI is InChI=1S/C36H51NOSi.3CH3.Ti/c1-9-12-15-20-37-30-19-18-24(4)21-28(30)32-33(37)26-16-13-14-17-27(26)35(32)39(10-2,11-3)31-23-25(5)22-29(34(31)38)36(6,7)8;;;;/h13-14,16-19,21-23,26-27,32-33,35,38H,9-12,15,20H2,1-8H3;3*1H3;/q;3*-1;+3. The van der Waals surface area contributed by atoms with E-state index < -0.39 is 8.07 Å². The fourth-order valence-electron chi connectivity index (χ4n) is 8.70. The molecular weight excluding hydrogens is 574 g/mol. The Hall–Kier alpha value is -1.55. The minimum absolute atomic E-state index is 0. The van der Waals surface area contributed by atoms with Crippen LogP contribution in [0.1, 0.15) is 89.0 Å². The van der Waals surface area contributed by atoms with Gasteiger partial charge in [0.1, 0.15) is 5.75 Å². The number of allylic oxidation sites excluding steroid dienone is 3. The summed E-state index contributed by atoms with van der Waals surface area (Å²) in [6.07, 6.45) is 13.5. The van der Waals surface area contributed by atoms with E-state index in [9.17, 15) is 5.11 Å². The molecule has 1 aliphatic heterocycles. The van der Waals surface area contributed by atoms with Crippen LogP contribution in [0.25, 0.3) is 0 Å². The number of fused-ring (bicyclic) bond motifs is 5. The van der Waals surface area contributed by atoms with Crippen LogP contribution < -0.4 is 10.1 Å². The van der Waals surface area contributed by atoms with Crippen LogP contribution in [0.5, 0.6) is 5.75 Å². The third-order valence-electron chi connectivity index (χ3n) is 10.5. The van der Waals surface area contributed by atoms with E-state index in [2.05, 4.69) is 115 Å². The van der Waals surface area contributed by atoms with Gasteiger partial charge in [0.2, 0.25) is 0 Å². The second-order valence-corrected chi connectivity index (χ2v) is 18.7. The van der Waals surface area contributed by atoms with Gasteiger partial charge in [-0.25, -0.2) is 0 Å². The first kappa shape index (κ1) is 39.5. The number of rotatable bonds is 8. The molecule has 1 radical (unpaired) electrons. The Balaban J connectivity index is 0.00000231. The summed E-state index contributed by atoms with van der Waals surface area (Å²) in [7, 11) is -2.18. The van der Waals surface area contributed by atoms with Gasteiger partial charge in [0.15, 0.2) is 0 Å². The van der Waals surface area contributed by atoms with Crippen LogP contribution in [0.3, 0.4) is 0 Å². The first-order chi connectivity index (χ1) is 18.6. The van der Waals surface area contributed by atoms with Crippen LogP contribution in [0, 0.1) is 48.0 Å². The zero-order chi connectivity index (χ0) is 28.1. The number of phenols is 1. The van der Waals surface area contributed by atoms with Crippen molar-refractivity contribution in [3.05, 3.63) is 99.2 Å². The molecule has 0 bridgehead atoms. The fourth-order valence-corrected chi connectivity index (χ4v) is 14.5. The van der Waals surface area contributed by atoms with E-state index in [1.54, 1.807) is 5.56 Å². The van der Waals surface area contributed by atoms with E-state index in [1.165, 1.54) is 41.3 Å². The number of benzene rings is 2. The summed E-state index contributed by atoms with van der Waals surface area (Å²) in [5, 5.41) is 13.4. The van der Waals surface area contributed by atoms with E-state index in [0.717, 1.165) is 24.2 Å². The molecule has 5 rings (SSSR count). The van der Waals surface area contributed by atoms with E-state index in [0.29, 0.717) is 35.1 Å². The third kappa shape index (κ3) is 6.56. The van der Waals surface area contributed by atoms with Gasteiger partial charge >= 0.3 is 21.7 Å². The summed E-state index contributed by atoms with van der Waals surface area (Å²) in [6.45, 7) is 19.5. The predicted molar refractivity (Wildman–Crippen MR) is 191 cm³/mol. The molecule has 43 heavy (non-hydrogen) atoms. The molecule has 5 unspecified atom stereocenters. The molecule has 1 saturated carbocycles. The maximum absolute atomic E-state index is 12.1. The van der Waals surface area contributed by atoms with Crippen LogP contribution in [-0.2, 0) is 27.1 Å². The number of nitrogens with zero attached hydrogens (tertiary/aromatic N) is 1. The quantitative estimate of drug-likeness (QED) is 0.177. The summed E-state index contributed by atoms with van der Waals surface area (Å²) in [5.41, 5.74) is 7.31. The van der Waals surface area contributed by atoms with Crippen molar-refractivity contribution in [2.45, 2.75) is 110 Å². The van der Waals surface area contributed by atoms with Gasteiger partial charge in [0.05, 0.1) is 8.07 Å². The molecule has 1 N–H and O–H groups in total. The van der Waals surface area contributed by atoms with Crippen LogP contribution in [0.2, 0.25) is 17.6 Å². The van der Waals surface area contributed by atoms with Crippen molar-refractivity contribution >= 4 is 18.9 Å². The number of anilines is 1. The fraction of sp³-hybridized carbons (Fsp3) is 0.513. The number of hydrogen-bond acceptors (Lipinski definition) is 2. The van der Waals surface area contributed by atoms with Crippen molar-refractivity contribution in [2.75, 3.05) is 11.4 Å². The van der Waals surface area contributed by atoms with Crippen LogP contribution in [-0.4, -0.2) is 25.8 Å². The van der Waals surface area contributed by atoms with Crippen molar-refractivity contribution in [1.29, 1.82) is 0 Å². The molecule has 1 fully saturated rings. The molecular formula is C39H60NOSiTi. The Morgan fingerprint density at radius 2 is 1.47 bits per heavy atom. The minimum Gasteiger partial charge on any atom is -0.508 e.